The molecule has 2 fully saturated rings. The first-order valence-electron chi connectivity index (χ1n) is 7.82. The molecule has 106 valence electrons. The quantitative estimate of drug-likeness (QED) is 0.817. The van der Waals surface area contributed by atoms with Gasteiger partial charge in [0.1, 0.15) is 0 Å². The molecule has 1 saturated heterocycles. The topological polar surface area (TPSA) is 29.3 Å². The van der Waals surface area contributed by atoms with E-state index in [-0.39, 0.29) is 0 Å². The maximum absolute atomic E-state index is 6.18. The molecule has 0 amide bonds. The molecular formula is C16H32N2. The van der Waals surface area contributed by atoms with Gasteiger partial charge in [-0.15, -0.1) is 0 Å². The number of nitrogens with zero attached hydrogens (tertiary/aromatic N) is 1. The Labute approximate surface area is 113 Å². The van der Waals surface area contributed by atoms with Crippen molar-refractivity contribution in [3.8, 4) is 0 Å². The highest BCUT2D eigenvalue weighted by Gasteiger charge is 2.43. The molecular weight excluding hydrogens is 220 g/mol. The number of nitrogens with two attached hydrogens (primary N) is 1. The molecule has 2 aliphatic rings. The van der Waals surface area contributed by atoms with Crippen molar-refractivity contribution in [3.05, 3.63) is 0 Å². The molecule has 1 aliphatic carbocycles. The van der Waals surface area contributed by atoms with Crippen molar-refractivity contribution in [1.29, 1.82) is 0 Å². The van der Waals surface area contributed by atoms with Gasteiger partial charge >= 0.3 is 0 Å². The summed E-state index contributed by atoms with van der Waals surface area (Å²) in [6.07, 6.45) is 6.73. The third-order valence-electron chi connectivity index (χ3n) is 5.62. The summed E-state index contributed by atoms with van der Waals surface area (Å²) in [6.45, 7) is 13.0. The highest BCUT2D eigenvalue weighted by atomic mass is 15.2. The Hall–Kier alpha value is -0.0800. The molecule has 1 atom stereocenters. The Morgan fingerprint density at radius 1 is 1.17 bits per heavy atom. The Bertz CT molecular complexity index is 271. The van der Waals surface area contributed by atoms with Crippen LogP contribution in [0.4, 0.5) is 0 Å². The summed E-state index contributed by atoms with van der Waals surface area (Å²) in [5, 5.41) is 0. The van der Waals surface area contributed by atoms with Crippen LogP contribution in [0.15, 0.2) is 0 Å². The van der Waals surface area contributed by atoms with Crippen LogP contribution in [0.1, 0.15) is 59.8 Å². The van der Waals surface area contributed by atoms with E-state index in [1.54, 1.807) is 0 Å². The minimum Gasteiger partial charge on any atom is -0.329 e. The van der Waals surface area contributed by atoms with E-state index in [0.29, 0.717) is 11.0 Å². The average Bonchev–Trinajstić information content (AvgIpc) is 2.75. The van der Waals surface area contributed by atoms with Crippen LogP contribution in [0.25, 0.3) is 0 Å². The van der Waals surface area contributed by atoms with Gasteiger partial charge in [0.2, 0.25) is 0 Å². The van der Waals surface area contributed by atoms with Crippen LogP contribution in [0.5, 0.6) is 0 Å². The lowest BCUT2D eigenvalue weighted by Gasteiger charge is -2.48. The molecule has 1 aliphatic heterocycles. The van der Waals surface area contributed by atoms with Gasteiger partial charge in [-0.05, 0) is 55.9 Å². The van der Waals surface area contributed by atoms with E-state index in [2.05, 4.69) is 32.6 Å². The molecule has 0 bridgehead atoms. The van der Waals surface area contributed by atoms with Gasteiger partial charge in [0, 0.05) is 18.6 Å². The van der Waals surface area contributed by atoms with Crippen molar-refractivity contribution >= 4 is 0 Å². The molecule has 1 heterocycles. The summed E-state index contributed by atoms with van der Waals surface area (Å²) in [6, 6.07) is 0. The summed E-state index contributed by atoms with van der Waals surface area (Å²) >= 11 is 0. The molecule has 0 aromatic carbocycles. The first-order valence-corrected chi connectivity index (χ1v) is 7.82. The zero-order valence-corrected chi connectivity index (χ0v) is 12.8. The van der Waals surface area contributed by atoms with Crippen molar-refractivity contribution < 1.29 is 0 Å². The van der Waals surface area contributed by atoms with E-state index in [1.807, 2.05) is 0 Å². The van der Waals surface area contributed by atoms with E-state index >= 15 is 0 Å². The van der Waals surface area contributed by atoms with Crippen molar-refractivity contribution in [2.45, 2.75) is 65.3 Å². The molecule has 1 saturated carbocycles. The molecule has 18 heavy (non-hydrogen) atoms. The Morgan fingerprint density at radius 3 is 2.17 bits per heavy atom. The Kier molecular flexibility index (Phi) is 4.08. The lowest BCUT2D eigenvalue weighted by Crippen LogP contribution is -2.55. The summed E-state index contributed by atoms with van der Waals surface area (Å²) in [5.74, 6) is 1.76. The molecule has 2 rings (SSSR count). The molecule has 2 heteroatoms. The molecule has 0 spiro atoms. The van der Waals surface area contributed by atoms with E-state index in [0.717, 1.165) is 18.4 Å². The first-order chi connectivity index (χ1) is 8.37. The second-order valence-corrected chi connectivity index (χ2v) is 7.91. The molecule has 0 aromatic heterocycles. The molecule has 1 unspecified atom stereocenters. The van der Waals surface area contributed by atoms with Crippen LogP contribution in [0.2, 0.25) is 0 Å². The van der Waals surface area contributed by atoms with Crippen LogP contribution in [-0.4, -0.2) is 30.1 Å². The summed E-state index contributed by atoms with van der Waals surface area (Å²) in [7, 11) is 0. The van der Waals surface area contributed by atoms with E-state index in [9.17, 15) is 0 Å². The van der Waals surface area contributed by atoms with Crippen molar-refractivity contribution in [2.24, 2.45) is 23.0 Å². The van der Waals surface area contributed by atoms with Crippen LogP contribution >= 0.6 is 0 Å². The van der Waals surface area contributed by atoms with Gasteiger partial charge in [-0.2, -0.15) is 0 Å². The zero-order valence-electron chi connectivity index (χ0n) is 12.8. The predicted molar refractivity (Wildman–Crippen MR) is 78.6 cm³/mol. The molecule has 2 nitrogen and oxygen atoms in total. The molecule has 0 aromatic rings. The van der Waals surface area contributed by atoms with E-state index in [1.165, 1.54) is 45.2 Å². The lowest BCUT2D eigenvalue weighted by atomic mass is 9.67. The second kappa shape index (κ2) is 5.13. The standard InChI is InChI=1S/C16H32N2/c1-13-7-10-18(11-13)16(12-17)8-5-14(6-9-16)15(2,3)4/h13-14H,5-12,17H2,1-4H3. The number of likely N-dealkylation sites (tertiary alicyclic amines) is 1. The van der Waals surface area contributed by atoms with Crippen LogP contribution in [0.3, 0.4) is 0 Å². The third-order valence-corrected chi connectivity index (χ3v) is 5.62. The minimum absolute atomic E-state index is 0.340. The maximum Gasteiger partial charge on any atom is 0.0332 e. The fourth-order valence-electron chi connectivity index (χ4n) is 4.04. The fraction of sp³-hybridized carbons (Fsp3) is 1.00. The van der Waals surface area contributed by atoms with Gasteiger partial charge in [0.05, 0.1) is 0 Å². The van der Waals surface area contributed by atoms with Gasteiger partial charge in [-0.25, -0.2) is 0 Å². The average molecular weight is 252 g/mol. The summed E-state index contributed by atoms with van der Waals surface area (Å²) in [4.78, 5) is 2.72. The lowest BCUT2D eigenvalue weighted by molar-refractivity contribution is 0.0347. The number of rotatable bonds is 2. The van der Waals surface area contributed by atoms with Gasteiger partial charge in [0.15, 0.2) is 0 Å². The predicted octanol–water partition coefficient (Wildman–Crippen LogP) is 3.26. The van der Waals surface area contributed by atoms with Gasteiger partial charge in [-0.3, -0.25) is 4.90 Å². The zero-order chi connectivity index (χ0) is 13.4. The normalized spacial score (nSPS) is 39.2. The summed E-state index contributed by atoms with van der Waals surface area (Å²) < 4.78 is 0. The molecule has 2 N–H and O–H groups in total. The minimum atomic E-state index is 0.340. The second-order valence-electron chi connectivity index (χ2n) is 7.91. The van der Waals surface area contributed by atoms with Crippen LogP contribution in [0, 0.1) is 17.3 Å². The highest BCUT2D eigenvalue weighted by molar-refractivity contribution is 4.99. The summed E-state index contributed by atoms with van der Waals surface area (Å²) in [5.41, 5.74) is 6.99. The highest BCUT2D eigenvalue weighted by Crippen LogP contribution is 2.44. The fourth-order valence-corrected chi connectivity index (χ4v) is 4.04. The van der Waals surface area contributed by atoms with Crippen molar-refractivity contribution in [2.75, 3.05) is 19.6 Å². The van der Waals surface area contributed by atoms with E-state index < -0.39 is 0 Å². The largest absolute Gasteiger partial charge is 0.329 e. The SMILES string of the molecule is CC1CCN(C2(CN)CCC(C(C)(C)C)CC2)C1. The number of hydrogen-bond acceptors (Lipinski definition) is 2. The molecule has 0 radical (unpaired) electrons. The van der Waals surface area contributed by atoms with Gasteiger partial charge < -0.3 is 5.73 Å². The van der Waals surface area contributed by atoms with Crippen LogP contribution in [-0.2, 0) is 0 Å². The Balaban J connectivity index is 2.00. The van der Waals surface area contributed by atoms with Crippen molar-refractivity contribution in [1.82, 2.24) is 4.90 Å². The van der Waals surface area contributed by atoms with E-state index in [4.69, 9.17) is 5.73 Å². The smallest absolute Gasteiger partial charge is 0.0332 e. The van der Waals surface area contributed by atoms with Gasteiger partial charge in [-0.1, -0.05) is 27.7 Å². The number of hydrogen-bond donors (Lipinski definition) is 1. The third kappa shape index (κ3) is 2.75. The van der Waals surface area contributed by atoms with Crippen molar-refractivity contribution in [3.63, 3.8) is 0 Å². The maximum atomic E-state index is 6.18. The monoisotopic (exact) mass is 252 g/mol. The van der Waals surface area contributed by atoms with Crippen LogP contribution < -0.4 is 5.73 Å². The van der Waals surface area contributed by atoms with Gasteiger partial charge in [0.25, 0.3) is 0 Å². The Morgan fingerprint density at radius 2 is 1.78 bits per heavy atom. The first kappa shape index (κ1) is 14.3.